The van der Waals surface area contributed by atoms with Crippen LogP contribution in [0.25, 0.3) is 5.82 Å². The normalized spacial score (nSPS) is 19.4. The molecule has 0 radical (unpaired) electrons. The van der Waals surface area contributed by atoms with Crippen LogP contribution in [0, 0.1) is 0 Å². The second kappa shape index (κ2) is 5.07. The van der Waals surface area contributed by atoms with Crippen LogP contribution in [0.1, 0.15) is 27.7 Å². The molecule has 6 heteroatoms. The molecule has 1 aliphatic rings. The lowest BCUT2D eigenvalue weighted by molar-refractivity contribution is 0.00578. The van der Waals surface area contributed by atoms with Crippen molar-refractivity contribution in [3.05, 3.63) is 53.1 Å². The highest BCUT2D eigenvalue weighted by Crippen LogP contribution is 2.36. The zero-order valence-electron chi connectivity index (χ0n) is 13.2. The first-order valence-corrected chi connectivity index (χ1v) is 7.30. The molecule has 2 aromatic rings. The van der Waals surface area contributed by atoms with E-state index in [1.165, 1.54) is 10.6 Å². The predicted octanol–water partition coefficient (Wildman–Crippen LogP) is 1.53. The standard InChI is InChI=1S/C16H19BN2O3/c1-15(2)16(3,4)22-17(21-15)12-8-9-18-13(11-12)19-10-6-5-7-14(19)20/h5-11H,1-4H3. The van der Waals surface area contributed by atoms with Crippen molar-refractivity contribution in [2.45, 2.75) is 38.9 Å². The largest absolute Gasteiger partial charge is 0.495 e. The molecule has 5 nitrogen and oxygen atoms in total. The molecule has 1 saturated heterocycles. The third-order valence-corrected chi connectivity index (χ3v) is 4.36. The van der Waals surface area contributed by atoms with Gasteiger partial charge in [-0.2, -0.15) is 0 Å². The van der Waals surface area contributed by atoms with Crippen LogP contribution in [0.3, 0.4) is 0 Å². The van der Waals surface area contributed by atoms with Crippen LogP contribution < -0.4 is 11.0 Å². The molecule has 114 valence electrons. The fourth-order valence-electron chi connectivity index (χ4n) is 2.31. The number of nitrogens with zero attached hydrogens (tertiary/aromatic N) is 2. The monoisotopic (exact) mass is 298 g/mol. The Kier molecular flexibility index (Phi) is 3.46. The Balaban J connectivity index is 1.97. The minimum atomic E-state index is -0.467. The van der Waals surface area contributed by atoms with E-state index < -0.39 is 18.3 Å². The van der Waals surface area contributed by atoms with Crippen LogP contribution in [-0.4, -0.2) is 27.9 Å². The Bertz CT molecular complexity index is 739. The molecule has 2 aromatic heterocycles. The van der Waals surface area contributed by atoms with Crippen molar-refractivity contribution in [2.24, 2.45) is 0 Å². The van der Waals surface area contributed by atoms with E-state index in [1.807, 2.05) is 39.8 Å². The molecule has 0 spiro atoms. The zero-order valence-corrected chi connectivity index (χ0v) is 13.2. The van der Waals surface area contributed by atoms with Crippen LogP contribution in [0.2, 0.25) is 0 Å². The van der Waals surface area contributed by atoms with Gasteiger partial charge in [0.15, 0.2) is 0 Å². The lowest BCUT2D eigenvalue weighted by Crippen LogP contribution is -2.41. The molecule has 1 aliphatic heterocycles. The third-order valence-electron chi connectivity index (χ3n) is 4.36. The van der Waals surface area contributed by atoms with E-state index in [2.05, 4.69) is 4.98 Å². The first-order chi connectivity index (χ1) is 10.3. The molecule has 0 atom stereocenters. The van der Waals surface area contributed by atoms with Gasteiger partial charge in [0, 0.05) is 18.5 Å². The molecule has 0 N–H and O–H groups in total. The lowest BCUT2D eigenvalue weighted by Gasteiger charge is -2.32. The molecule has 22 heavy (non-hydrogen) atoms. The van der Waals surface area contributed by atoms with Crippen molar-refractivity contribution in [3.8, 4) is 5.82 Å². The molecular formula is C16H19BN2O3. The highest BCUT2D eigenvalue weighted by molar-refractivity contribution is 6.62. The number of pyridine rings is 2. The van der Waals surface area contributed by atoms with Gasteiger partial charge in [-0.1, -0.05) is 6.07 Å². The fraction of sp³-hybridized carbons (Fsp3) is 0.375. The first kappa shape index (κ1) is 15.0. The quantitative estimate of drug-likeness (QED) is 0.789. The van der Waals surface area contributed by atoms with E-state index in [9.17, 15) is 4.79 Å². The van der Waals surface area contributed by atoms with Gasteiger partial charge in [-0.3, -0.25) is 9.36 Å². The second-order valence-electron chi connectivity index (χ2n) is 6.44. The van der Waals surface area contributed by atoms with E-state index in [1.54, 1.807) is 24.5 Å². The van der Waals surface area contributed by atoms with Crippen LogP contribution in [-0.2, 0) is 9.31 Å². The van der Waals surface area contributed by atoms with Crippen molar-refractivity contribution in [2.75, 3.05) is 0 Å². The van der Waals surface area contributed by atoms with E-state index in [0.717, 1.165) is 5.46 Å². The van der Waals surface area contributed by atoms with Gasteiger partial charge in [0.25, 0.3) is 5.56 Å². The number of aromatic nitrogens is 2. The molecule has 1 fully saturated rings. The summed E-state index contributed by atoms with van der Waals surface area (Å²) in [6.45, 7) is 8.04. The highest BCUT2D eigenvalue weighted by atomic mass is 16.7. The fourth-order valence-corrected chi connectivity index (χ4v) is 2.31. The van der Waals surface area contributed by atoms with Crippen molar-refractivity contribution in [3.63, 3.8) is 0 Å². The summed E-state index contributed by atoms with van der Waals surface area (Å²) in [6.07, 6.45) is 3.35. The molecule has 3 heterocycles. The summed E-state index contributed by atoms with van der Waals surface area (Å²) in [4.78, 5) is 16.2. The van der Waals surface area contributed by atoms with Crippen LogP contribution in [0.4, 0.5) is 0 Å². The molecule has 0 unspecified atom stereocenters. The van der Waals surface area contributed by atoms with Gasteiger partial charge in [0.2, 0.25) is 0 Å². The van der Waals surface area contributed by atoms with E-state index >= 15 is 0 Å². The smallest absolute Gasteiger partial charge is 0.399 e. The molecule has 0 amide bonds. The van der Waals surface area contributed by atoms with Gasteiger partial charge in [-0.05, 0) is 51.4 Å². The van der Waals surface area contributed by atoms with E-state index in [4.69, 9.17) is 9.31 Å². The number of hydrogen-bond acceptors (Lipinski definition) is 4. The van der Waals surface area contributed by atoms with Gasteiger partial charge >= 0.3 is 7.12 Å². The molecule has 0 saturated carbocycles. The van der Waals surface area contributed by atoms with Crippen molar-refractivity contribution < 1.29 is 9.31 Å². The maximum atomic E-state index is 11.9. The summed E-state index contributed by atoms with van der Waals surface area (Å²) in [6, 6.07) is 8.67. The van der Waals surface area contributed by atoms with Crippen LogP contribution >= 0.6 is 0 Å². The third kappa shape index (κ3) is 2.49. The predicted molar refractivity (Wildman–Crippen MR) is 85.6 cm³/mol. The average Bonchev–Trinajstić information content (AvgIpc) is 2.68. The maximum Gasteiger partial charge on any atom is 0.495 e. The molecule has 0 aliphatic carbocycles. The Morgan fingerprint density at radius 2 is 1.77 bits per heavy atom. The van der Waals surface area contributed by atoms with Gasteiger partial charge in [0.05, 0.1) is 11.2 Å². The van der Waals surface area contributed by atoms with Crippen LogP contribution in [0.5, 0.6) is 0 Å². The van der Waals surface area contributed by atoms with Crippen molar-refractivity contribution >= 4 is 12.6 Å². The maximum absolute atomic E-state index is 11.9. The Labute approximate surface area is 130 Å². The zero-order chi connectivity index (χ0) is 16.0. The Hall–Kier alpha value is -1.92. The number of rotatable bonds is 2. The summed E-state index contributed by atoms with van der Waals surface area (Å²) in [5.41, 5.74) is -0.0736. The average molecular weight is 298 g/mol. The summed E-state index contributed by atoms with van der Waals surface area (Å²) >= 11 is 0. The summed E-state index contributed by atoms with van der Waals surface area (Å²) in [7, 11) is -0.467. The van der Waals surface area contributed by atoms with Gasteiger partial charge in [-0.15, -0.1) is 0 Å². The SMILES string of the molecule is CC1(C)OB(c2ccnc(-n3ccccc3=O)c2)OC1(C)C. The van der Waals surface area contributed by atoms with Gasteiger partial charge in [-0.25, -0.2) is 4.98 Å². The van der Waals surface area contributed by atoms with Crippen molar-refractivity contribution in [1.29, 1.82) is 0 Å². The Morgan fingerprint density at radius 3 is 2.41 bits per heavy atom. The highest BCUT2D eigenvalue weighted by Gasteiger charge is 2.51. The second-order valence-corrected chi connectivity index (χ2v) is 6.44. The summed E-state index contributed by atoms with van der Waals surface area (Å²) in [5, 5.41) is 0. The van der Waals surface area contributed by atoms with Crippen molar-refractivity contribution in [1.82, 2.24) is 9.55 Å². The van der Waals surface area contributed by atoms with Gasteiger partial charge < -0.3 is 9.31 Å². The first-order valence-electron chi connectivity index (χ1n) is 7.30. The van der Waals surface area contributed by atoms with E-state index in [-0.39, 0.29) is 5.56 Å². The molecular weight excluding hydrogens is 279 g/mol. The summed E-state index contributed by atoms with van der Waals surface area (Å²) < 4.78 is 13.6. The summed E-state index contributed by atoms with van der Waals surface area (Å²) in [5.74, 6) is 0.554. The lowest BCUT2D eigenvalue weighted by atomic mass is 9.80. The van der Waals surface area contributed by atoms with Crippen LogP contribution in [0.15, 0.2) is 47.5 Å². The molecule has 0 aromatic carbocycles. The van der Waals surface area contributed by atoms with E-state index in [0.29, 0.717) is 5.82 Å². The minimum Gasteiger partial charge on any atom is -0.399 e. The topological polar surface area (TPSA) is 53.4 Å². The minimum absolute atomic E-state index is 0.124. The molecule has 0 bridgehead atoms. The Morgan fingerprint density at radius 1 is 1.09 bits per heavy atom. The molecule has 3 rings (SSSR count). The van der Waals surface area contributed by atoms with Gasteiger partial charge in [0.1, 0.15) is 5.82 Å². The number of hydrogen-bond donors (Lipinski definition) is 0.